The molecule has 1 fully saturated rings. The van der Waals surface area contributed by atoms with Gasteiger partial charge in [0.05, 0.1) is 20.1 Å². The van der Waals surface area contributed by atoms with Crippen LogP contribution in [0.3, 0.4) is 0 Å². The number of benzene rings is 2. The average Bonchev–Trinajstić information content (AvgIpc) is 3.12. The molecule has 6 heteroatoms. The Morgan fingerprint density at radius 3 is 2.59 bits per heavy atom. The molecule has 0 bridgehead atoms. The number of hydrogen-bond donors (Lipinski definition) is 0. The van der Waals surface area contributed by atoms with Gasteiger partial charge in [0, 0.05) is 32.6 Å². The van der Waals surface area contributed by atoms with E-state index in [4.69, 9.17) is 9.47 Å². The highest BCUT2D eigenvalue weighted by Gasteiger charge is 2.37. The Labute approximate surface area is 171 Å². The number of rotatable bonds is 5. The third-order valence-corrected chi connectivity index (χ3v) is 5.83. The molecule has 1 saturated heterocycles. The molecular formula is C23H26N2O4. The summed E-state index contributed by atoms with van der Waals surface area (Å²) < 4.78 is 10.6. The van der Waals surface area contributed by atoms with Gasteiger partial charge in [-0.1, -0.05) is 30.3 Å². The fourth-order valence-corrected chi connectivity index (χ4v) is 4.23. The molecule has 0 spiro atoms. The molecule has 1 atom stereocenters. The molecule has 152 valence electrons. The second kappa shape index (κ2) is 8.15. The standard InChI is InChI=1S/C23H26N2O4/c1-28-20-8-7-16(11-21(20)29-2)13-25-15-19(12-22(25)26)23(27)24-10-9-17-5-3-4-6-18(17)14-24/h3-8,11,19H,9-10,12-15H2,1-2H3. The van der Waals surface area contributed by atoms with E-state index in [2.05, 4.69) is 12.1 Å². The minimum Gasteiger partial charge on any atom is -0.493 e. The van der Waals surface area contributed by atoms with E-state index in [9.17, 15) is 9.59 Å². The van der Waals surface area contributed by atoms with Crippen LogP contribution in [0.4, 0.5) is 0 Å². The minimum absolute atomic E-state index is 0.0237. The molecule has 29 heavy (non-hydrogen) atoms. The summed E-state index contributed by atoms with van der Waals surface area (Å²) in [4.78, 5) is 29.3. The molecule has 2 aliphatic rings. The molecule has 2 aromatic rings. The lowest BCUT2D eigenvalue weighted by molar-refractivity contribution is -0.136. The highest BCUT2D eigenvalue weighted by atomic mass is 16.5. The van der Waals surface area contributed by atoms with Crippen molar-refractivity contribution >= 4 is 11.8 Å². The van der Waals surface area contributed by atoms with Crippen molar-refractivity contribution in [2.45, 2.75) is 25.9 Å². The fourth-order valence-electron chi connectivity index (χ4n) is 4.23. The predicted molar refractivity (Wildman–Crippen MR) is 109 cm³/mol. The second-order valence-corrected chi connectivity index (χ2v) is 7.64. The van der Waals surface area contributed by atoms with Crippen LogP contribution in [0.2, 0.25) is 0 Å². The van der Waals surface area contributed by atoms with E-state index in [1.807, 2.05) is 35.2 Å². The molecule has 6 nitrogen and oxygen atoms in total. The first-order chi connectivity index (χ1) is 14.1. The summed E-state index contributed by atoms with van der Waals surface area (Å²) in [5, 5.41) is 0. The Balaban J connectivity index is 1.41. The van der Waals surface area contributed by atoms with Crippen molar-refractivity contribution in [2.24, 2.45) is 5.92 Å². The Morgan fingerprint density at radius 2 is 1.83 bits per heavy atom. The van der Waals surface area contributed by atoms with E-state index < -0.39 is 0 Å². The quantitative estimate of drug-likeness (QED) is 0.782. The van der Waals surface area contributed by atoms with Crippen LogP contribution in [0.1, 0.15) is 23.1 Å². The number of nitrogens with zero attached hydrogens (tertiary/aromatic N) is 2. The first-order valence-corrected chi connectivity index (χ1v) is 9.93. The summed E-state index contributed by atoms with van der Waals surface area (Å²) in [5.41, 5.74) is 3.48. The van der Waals surface area contributed by atoms with Crippen molar-refractivity contribution in [1.29, 1.82) is 0 Å². The largest absolute Gasteiger partial charge is 0.493 e. The molecule has 0 N–H and O–H groups in total. The van der Waals surface area contributed by atoms with Crippen LogP contribution in [-0.4, -0.2) is 48.9 Å². The molecule has 1 unspecified atom stereocenters. The molecule has 0 radical (unpaired) electrons. The molecule has 2 aliphatic heterocycles. The summed E-state index contributed by atoms with van der Waals surface area (Å²) >= 11 is 0. The topological polar surface area (TPSA) is 59.1 Å². The Hall–Kier alpha value is -3.02. The first kappa shape index (κ1) is 19.3. The lowest BCUT2D eigenvalue weighted by atomic mass is 9.98. The number of carbonyl (C=O) groups excluding carboxylic acids is 2. The zero-order valence-electron chi connectivity index (χ0n) is 16.9. The van der Waals surface area contributed by atoms with Crippen LogP contribution >= 0.6 is 0 Å². The van der Waals surface area contributed by atoms with Crippen LogP contribution in [-0.2, 0) is 29.1 Å². The molecule has 0 aromatic heterocycles. The van der Waals surface area contributed by atoms with Gasteiger partial charge in [0.1, 0.15) is 0 Å². The van der Waals surface area contributed by atoms with Gasteiger partial charge in [-0.2, -0.15) is 0 Å². The van der Waals surface area contributed by atoms with Crippen LogP contribution in [0.25, 0.3) is 0 Å². The van der Waals surface area contributed by atoms with Gasteiger partial charge in [-0.3, -0.25) is 9.59 Å². The van der Waals surface area contributed by atoms with Crippen molar-refractivity contribution in [3.63, 3.8) is 0 Å². The highest BCUT2D eigenvalue weighted by molar-refractivity contribution is 5.89. The van der Waals surface area contributed by atoms with E-state index in [1.165, 1.54) is 11.1 Å². The van der Waals surface area contributed by atoms with Gasteiger partial charge in [-0.15, -0.1) is 0 Å². The van der Waals surface area contributed by atoms with Gasteiger partial charge in [0.15, 0.2) is 11.5 Å². The van der Waals surface area contributed by atoms with E-state index >= 15 is 0 Å². The molecule has 0 aliphatic carbocycles. The number of methoxy groups -OCH3 is 2. The number of likely N-dealkylation sites (tertiary alicyclic amines) is 1. The molecule has 2 heterocycles. The summed E-state index contributed by atoms with van der Waals surface area (Å²) in [7, 11) is 3.19. The van der Waals surface area contributed by atoms with Gasteiger partial charge in [0.2, 0.25) is 11.8 Å². The van der Waals surface area contributed by atoms with E-state index in [1.54, 1.807) is 19.1 Å². The summed E-state index contributed by atoms with van der Waals surface area (Å²) in [6.07, 6.45) is 1.15. The van der Waals surface area contributed by atoms with Crippen LogP contribution in [0, 0.1) is 5.92 Å². The first-order valence-electron chi connectivity index (χ1n) is 9.93. The van der Waals surface area contributed by atoms with Crippen molar-refractivity contribution in [1.82, 2.24) is 9.80 Å². The summed E-state index contributed by atoms with van der Waals surface area (Å²) in [6.45, 7) is 2.28. The predicted octanol–water partition coefficient (Wildman–Crippen LogP) is 2.64. The van der Waals surface area contributed by atoms with E-state index in [-0.39, 0.29) is 24.2 Å². The van der Waals surface area contributed by atoms with Gasteiger partial charge in [-0.05, 0) is 35.2 Å². The summed E-state index contributed by atoms with van der Waals surface area (Å²) in [5.74, 6) is 1.13. The van der Waals surface area contributed by atoms with Gasteiger partial charge < -0.3 is 19.3 Å². The van der Waals surface area contributed by atoms with Gasteiger partial charge >= 0.3 is 0 Å². The van der Waals surface area contributed by atoms with Crippen LogP contribution in [0.5, 0.6) is 11.5 Å². The Morgan fingerprint density at radius 1 is 1.07 bits per heavy atom. The van der Waals surface area contributed by atoms with Crippen LogP contribution < -0.4 is 9.47 Å². The molecule has 0 saturated carbocycles. The molecule has 4 rings (SSSR count). The number of hydrogen-bond acceptors (Lipinski definition) is 4. The maximum Gasteiger partial charge on any atom is 0.228 e. The van der Waals surface area contributed by atoms with E-state index in [0.717, 1.165) is 18.5 Å². The average molecular weight is 394 g/mol. The van der Waals surface area contributed by atoms with Crippen molar-refractivity contribution < 1.29 is 19.1 Å². The normalized spacial score (nSPS) is 18.6. The molecular weight excluding hydrogens is 368 g/mol. The van der Waals surface area contributed by atoms with Crippen molar-refractivity contribution in [3.05, 3.63) is 59.2 Å². The second-order valence-electron chi connectivity index (χ2n) is 7.64. The number of fused-ring (bicyclic) bond motifs is 1. The third-order valence-electron chi connectivity index (χ3n) is 5.83. The Bertz CT molecular complexity index is 927. The molecule has 2 amide bonds. The van der Waals surface area contributed by atoms with Gasteiger partial charge in [0.25, 0.3) is 0 Å². The minimum atomic E-state index is -0.270. The van der Waals surface area contributed by atoms with Crippen molar-refractivity contribution in [2.75, 3.05) is 27.3 Å². The molecule has 2 aromatic carbocycles. The zero-order valence-corrected chi connectivity index (χ0v) is 16.9. The SMILES string of the molecule is COc1ccc(CN2CC(C(=O)N3CCc4ccccc4C3)CC2=O)cc1OC. The number of ether oxygens (including phenoxy) is 2. The lowest BCUT2D eigenvalue weighted by Crippen LogP contribution is -2.40. The zero-order chi connectivity index (χ0) is 20.4. The number of carbonyl (C=O) groups is 2. The maximum absolute atomic E-state index is 13.0. The maximum atomic E-state index is 13.0. The summed E-state index contributed by atoms with van der Waals surface area (Å²) in [6, 6.07) is 13.9. The smallest absolute Gasteiger partial charge is 0.228 e. The fraction of sp³-hybridized carbons (Fsp3) is 0.391. The van der Waals surface area contributed by atoms with Crippen molar-refractivity contribution in [3.8, 4) is 11.5 Å². The highest BCUT2D eigenvalue weighted by Crippen LogP contribution is 2.30. The van der Waals surface area contributed by atoms with E-state index in [0.29, 0.717) is 31.1 Å². The van der Waals surface area contributed by atoms with Gasteiger partial charge in [-0.25, -0.2) is 0 Å². The Kier molecular flexibility index (Phi) is 5.43. The monoisotopic (exact) mass is 394 g/mol. The number of amides is 2. The lowest BCUT2D eigenvalue weighted by Gasteiger charge is -2.30. The van der Waals surface area contributed by atoms with Crippen LogP contribution in [0.15, 0.2) is 42.5 Å². The third kappa shape index (κ3) is 3.92.